The first-order valence-corrected chi connectivity index (χ1v) is 11.7. The maximum Gasteiger partial charge on any atom is 0.0853 e. The molecular weight excluding hydrogens is 438 g/mol. The first-order chi connectivity index (χ1) is 15.7. The normalized spacial score (nSPS) is 11.1. The number of aliphatic hydroxyl groups excluding tert-OH is 2. The highest BCUT2D eigenvalue weighted by Crippen LogP contribution is 2.36. The average molecular weight is 458 g/mol. The van der Waals surface area contributed by atoms with E-state index in [0.29, 0.717) is 11.4 Å². The Balaban J connectivity index is 1.43. The Kier molecular flexibility index (Phi) is 5.87. The van der Waals surface area contributed by atoms with Crippen molar-refractivity contribution in [3.63, 3.8) is 0 Å². The van der Waals surface area contributed by atoms with Gasteiger partial charge in [-0.2, -0.15) is 0 Å². The van der Waals surface area contributed by atoms with E-state index >= 15 is 0 Å². The van der Waals surface area contributed by atoms with Crippen molar-refractivity contribution in [1.82, 2.24) is 15.0 Å². The summed E-state index contributed by atoms with van der Waals surface area (Å²) >= 11 is 3.26. The van der Waals surface area contributed by atoms with Gasteiger partial charge < -0.3 is 10.2 Å². The molecule has 0 aromatic carbocycles. The quantitative estimate of drug-likeness (QED) is 0.345. The molecule has 0 amide bonds. The summed E-state index contributed by atoms with van der Waals surface area (Å²) in [5.41, 5.74) is 4.84. The monoisotopic (exact) mass is 457 g/mol. The minimum atomic E-state index is -0.0711. The van der Waals surface area contributed by atoms with Crippen molar-refractivity contribution in [2.75, 3.05) is 0 Å². The molecule has 0 aliphatic rings. The molecule has 0 saturated heterocycles. The van der Waals surface area contributed by atoms with Crippen molar-refractivity contribution in [3.8, 4) is 42.3 Å². The highest BCUT2D eigenvalue weighted by atomic mass is 32.1. The number of hydrogen-bond acceptors (Lipinski definition) is 7. The fourth-order valence-electron chi connectivity index (χ4n) is 3.35. The van der Waals surface area contributed by atoms with Crippen LogP contribution >= 0.6 is 22.7 Å². The zero-order valence-electron chi connectivity index (χ0n) is 17.0. The van der Waals surface area contributed by atoms with Gasteiger partial charge in [0, 0.05) is 0 Å². The van der Waals surface area contributed by atoms with Crippen molar-refractivity contribution in [1.29, 1.82) is 0 Å². The molecule has 0 spiro atoms. The number of nitrogens with zero attached hydrogens (tertiary/aromatic N) is 3. The van der Waals surface area contributed by atoms with E-state index in [0.717, 1.165) is 42.3 Å². The van der Waals surface area contributed by atoms with Crippen LogP contribution in [0.2, 0.25) is 0 Å². The minimum absolute atomic E-state index is 0.0711. The zero-order valence-corrected chi connectivity index (χ0v) is 18.6. The molecule has 0 atom stereocenters. The SMILES string of the molecule is OCc1cccc(-c2ccc(-c3cccc(-c4ccc(-c5cccc(CO)n5)s4)n3)s2)n1. The highest BCUT2D eigenvalue weighted by Gasteiger charge is 2.11. The minimum Gasteiger partial charge on any atom is -0.390 e. The van der Waals surface area contributed by atoms with E-state index in [4.69, 9.17) is 4.98 Å². The van der Waals surface area contributed by atoms with Crippen LogP contribution in [0.4, 0.5) is 0 Å². The largest absolute Gasteiger partial charge is 0.390 e. The van der Waals surface area contributed by atoms with E-state index in [2.05, 4.69) is 22.1 Å². The molecule has 0 fully saturated rings. The van der Waals surface area contributed by atoms with Gasteiger partial charge in [0.1, 0.15) is 0 Å². The number of hydrogen-bond donors (Lipinski definition) is 2. The second-order valence-corrected chi connectivity index (χ2v) is 9.25. The molecule has 0 aliphatic carbocycles. The lowest BCUT2D eigenvalue weighted by Gasteiger charge is -2.02. The van der Waals surface area contributed by atoms with Crippen LogP contribution in [-0.4, -0.2) is 25.2 Å². The Bertz CT molecular complexity index is 1280. The molecule has 7 heteroatoms. The number of rotatable bonds is 6. The van der Waals surface area contributed by atoms with Gasteiger partial charge in [-0.1, -0.05) is 18.2 Å². The smallest absolute Gasteiger partial charge is 0.0853 e. The van der Waals surface area contributed by atoms with Crippen molar-refractivity contribution in [2.24, 2.45) is 0 Å². The Hall–Kier alpha value is -3.23. The van der Waals surface area contributed by atoms with E-state index in [1.165, 1.54) is 0 Å². The van der Waals surface area contributed by atoms with E-state index < -0.39 is 0 Å². The van der Waals surface area contributed by atoms with Gasteiger partial charge >= 0.3 is 0 Å². The van der Waals surface area contributed by atoms with Crippen LogP contribution in [0.15, 0.2) is 78.9 Å². The second kappa shape index (κ2) is 9.10. The summed E-state index contributed by atoms with van der Waals surface area (Å²) in [6.07, 6.45) is 0. The van der Waals surface area contributed by atoms with E-state index in [1.807, 2.05) is 66.7 Å². The van der Waals surface area contributed by atoms with E-state index in [1.54, 1.807) is 22.7 Å². The molecule has 5 nitrogen and oxygen atoms in total. The lowest BCUT2D eigenvalue weighted by atomic mass is 10.2. The van der Waals surface area contributed by atoms with Gasteiger partial charge in [-0.05, 0) is 60.7 Å². The average Bonchev–Trinajstić information content (AvgIpc) is 3.55. The standard InChI is InChI=1S/C25H19N3O2S2/c29-14-16-4-1-6-18(26-16)22-10-12-24(31-22)20-8-3-9-21(28-20)25-13-11-23(32-25)19-7-2-5-17(15-30)27-19/h1-13,29-30H,14-15H2. The van der Waals surface area contributed by atoms with E-state index in [9.17, 15) is 10.2 Å². The maximum atomic E-state index is 9.35. The predicted octanol–water partition coefficient (Wildman–Crippen LogP) is 5.65. The van der Waals surface area contributed by atoms with Gasteiger partial charge in [-0.3, -0.25) is 0 Å². The molecule has 0 radical (unpaired) electrons. The number of aromatic nitrogens is 3. The zero-order chi connectivity index (χ0) is 21.9. The third-order valence-corrected chi connectivity index (χ3v) is 7.17. The summed E-state index contributed by atoms with van der Waals surface area (Å²) in [6, 6.07) is 25.6. The van der Waals surface area contributed by atoms with Crippen molar-refractivity contribution in [3.05, 3.63) is 90.3 Å². The summed E-state index contributed by atoms with van der Waals surface area (Å²) in [5.74, 6) is 0. The Morgan fingerprint density at radius 2 is 0.812 bits per heavy atom. The Morgan fingerprint density at radius 3 is 1.19 bits per heavy atom. The predicted molar refractivity (Wildman–Crippen MR) is 129 cm³/mol. The summed E-state index contributed by atoms with van der Waals surface area (Å²) in [4.78, 5) is 18.1. The van der Waals surface area contributed by atoms with Gasteiger partial charge in [-0.25, -0.2) is 15.0 Å². The molecule has 0 saturated carbocycles. The van der Waals surface area contributed by atoms with Crippen molar-refractivity contribution >= 4 is 22.7 Å². The van der Waals surface area contributed by atoms with Crippen LogP contribution in [0.3, 0.4) is 0 Å². The number of thiophene rings is 2. The maximum absolute atomic E-state index is 9.35. The molecule has 0 bridgehead atoms. The van der Waals surface area contributed by atoms with Gasteiger partial charge in [0.15, 0.2) is 0 Å². The first-order valence-electron chi connectivity index (χ1n) is 10.1. The number of pyridine rings is 3. The van der Waals surface area contributed by atoms with E-state index in [-0.39, 0.29) is 13.2 Å². The van der Waals surface area contributed by atoms with Crippen LogP contribution in [-0.2, 0) is 13.2 Å². The highest BCUT2D eigenvalue weighted by molar-refractivity contribution is 7.19. The van der Waals surface area contributed by atoms with Crippen LogP contribution in [0, 0.1) is 0 Å². The summed E-state index contributed by atoms with van der Waals surface area (Å²) < 4.78 is 0. The Labute approximate surface area is 193 Å². The third kappa shape index (κ3) is 4.24. The molecule has 5 rings (SSSR count). The third-order valence-electron chi connectivity index (χ3n) is 4.91. The lowest BCUT2D eigenvalue weighted by molar-refractivity contribution is 0.277. The molecule has 0 unspecified atom stereocenters. The molecule has 5 aromatic heterocycles. The molecule has 2 N–H and O–H groups in total. The summed E-state index contributed by atoms with van der Waals surface area (Å²) in [7, 11) is 0. The molecule has 32 heavy (non-hydrogen) atoms. The summed E-state index contributed by atoms with van der Waals surface area (Å²) in [5, 5.41) is 18.7. The van der Waals surface area contributed by atoms with Gasteiger partial charge in [0.2, 0.25) is 0 Å². The van der Waals surface area contributed by atoms with Crippen LogP contribution in [0.25, 0.3) is 42.3 Å². The fraction of sp³-hybridized carbons (Fsp3) is 0.0800. The molecular formula is C25H19N3O2S2. The fourth-order valence-corrected chi connectivity index (χ4v) is 5.24. The second-order valence-electron chi connectivity index (χ2n) is 7.08. The molecule has 158 valence electrons. The van der Waals surface area contributed by atoms with Crippen molar-refractivity contribution in [2.45, 2.75) is 13.2 Å². The molecule has 5 aromatic rings. The number of aliphatic hydroxyl groups is 2. The topological polar surface area (TPSA) is 79.1 Å². The Morgan fingerprint density at radius 1 is 0.469 bits per heavy atom. The molecule has 0 aliphatic heterocycles. The van der Waals surface area contributed by atoms with Gasteiger partial charge in [-0.15, -0.1) is 22.7 Å². The summed E-state index contributed by atoms with van der Waals surface area (Å²) in [6.45, 7) is -0.142. The van der Waals surface area contributed by atoms with Crippen LogP contribution < -0.4 is 0 Å². The van der Waals surface area contributed by atoms with Crippen molar-refractivity contribution < 1.29 is 10.2 Å². The van der Waals surface area contributed by atoms with Gasteiger partial charge in [0.25, 0.3) is 0 Å². The van der Waals surface area contributed by atoms with Crippen LogP contribution in [0.1, 0.15) is 11.4 Å². The lowest BCUT2D eigenvalue weighted by Crippen LogP contribution is -1.89. The molecule has 5 heterocycles. The first kappa shape index (κ1) is 20.7. The van der Waals surface area contributed by atoms with Crippen LogP contribution in [0.5, 0.6) is 0 Å². The van der Waals surface area contributed by atoms with Gasteiger partial charge in [0.05, 0.1) is 66.9 Å².